The molecule has 24 heavy (non-hydrogen) atoms. The number of halogens is 2. The molecular formula is C18H11F2N3O. The standard InChI is InChI=1S/C18H11F2N3O/c19-15-7-14(8-17(24)18(15)20)23-16-4-3-11(6-13(16)10-22-23)12-2-1-5-21-9-12/h1-10,24H. The third-order valence-corrected chi connectivity index (χ3v) is 3.80. The van der Waals surface area contributed by atoms with E-state index in [0.717, 1.165) is 28.6 Å². The highest BCUT2D eigenvalue weighted by molar-refractivity contribution is 5.85. The number of hydrogen-bond acceptors (Lipinski definition) is 3. The van der Waals surface area contributed by atoms with Crippen molar-refractivity contribution in [3.05, 3.63) is 72.7 Å². The van der Waals surface area contributed by atoms with Crippen molar-refractivity contribution in [3.8, 4) is 22.6 Å². The van der Waals surface area contributed by atoms with E-state index in [1.807, 2.05) is 30.3 Å². The van der Waals surface area contributed by atoms with Gasteiger partial charge >= 0.3 is 0 Å². The predicted molar refractivity (Wildman–Crippen MR) is 85.9 cm³/mol. The van der Waals surface area contributed by atoms with Gasteiger partial charge in [-0.05, 0) is 23.8 Å². The van der Waals surface area contributed by atoms with Crippen molar-refractivity contribution < 1.29 is 13.9 Å². The van der Waals surface area contributed by atoms with Gasteiger partial charge in [-0.15, -0.1) is 0 Å². The van der Waals surface area contributed by atoms with Crippen LogP contribution in [0.4, 0.5) is 8.78 Å². The molecule has 4 aromatic rings. The lowest BCUT2D eigenvalue weighted by molar-refractivity contribution is 0.406. The predicted octanol–water partition coefficient (Wildman–Crippen LogP) is 4.07. The van der Waals surface area contributed by atoms with Crippen molar-refractivity contribution in [1.82, 2.24) is 14.8 Å². The first-order valence-corrected chi connectivity index (χ1v) is 7.20. The topological polar surface area (TPSA) is 50.9 Å². The van der Waals surface area contributed by atoms with E-state index >= 15 is 0 Å². The molecule has 0 saturated carbocycles. The summed E-state index contributed by atoms with van der Waals surface area (Å²) in [6, 6.07) is 11.6. The largest absolute Gasteiger partial charge is 0.505 e. The summed E-state index contributed by atoms with van der Waals surface area (Å²) in [7, 11) is 0. The first kappa shape index (κ1) is 14.3. The Morgan fingerprint density at radius 1 is 0.958 bits per heavy atom. The number of fused-ring (bicyclic) bond motifs is 1. The maximum atomic E-state index is 13.5. The van der Waals surface area contributed by atoms with Crippen molar-refractivity contribution in [2.24, 2.45) is 0 Å². The van der Waals surface area contributed by atoms with Gasteiger partial charge in [0.2, 0.25) is 0 Å². The highest BCUT2D eigenvalue weighted by Gasteiger charge is 2.13. The van der Waals surface area contributed by atoms with Gasteiger partial charge in [-0.2, -0.15) is 9.49 Å². The number of rotatable bonds is 2. The van der Waals surface area contributed by atoms with Crippen molar-refractivity contribution in [3.63, 3.8) is 0 Å². The number of phenolic OH excluding ortho intramolecular Hbond substituents is 1. The monoisotopic (exact) mass is 323 g/mol. The normalized spacial score (nSPS) is 11.1. The molecule has 2 heterocycles. The summed E-state index contributed by atoms with van der Waals surface area (Å²) >= 11 is 0. The summed E-state index contributed by atoms with van der Waals surface area (Å²) in [6.07, 6.45) is 5.10. The zero-order valence-corrected chi connectivity index (χ0v) is 12.3. The smallest absolute Gasteiger partial charge is 0.200 e. The summed E-state index contributed by atoms with van der Waals surface area (Å²) in [5, 5.41) is 14.5. The van der Waals surface area contributed by atoms with Gasteiger partial charge in [0, 0.05) is 35.5 Å². The fourth-order valence-electron chi connectivity index (χ4n) is 2.63. The molecule has 0 bridgehead atoms. The van der Waals surface area contributed by atoms with Crippen LogP contribution < -0.4 is 0 Å². The molecule has 0 aliphatic heterocycles. The van der Waals surface area contributed by atoms with Gasteiger partial charge in [-0.25, -0.2) is 9.07 Å². The van der Waals surface area contributed by atoms with Crippen LogP contribution in [0.2, 0.25) is 0 Å². The van der Waals surface area contributed by atoms with Gasteiger partial charge in [0.25, 0.3) is 0 Å². The average molecular weight is 323 g/mol. The van der Waals surface area contributed by atoms with Gasteiger partial charge in [0.1, 0.15) is 0 Å². The Kier molecular flexibility index (Phi) is 3.23. The molecule has 0 amide bonds. The van der Waals surface area contributed by atoms with Gasteiger partial charge in [0.05, 0.1) is 17.4 Å². The number of benzene rings is 2. The van der Waals surface area contributed by atoms with Gasteiger partial charge < -0.3 is 5.11 Å². The number of aromatic nitrogens is 3. The molecule has 1 N–H and O–H groups in total. The molecule has 0 saturated heterocycles. The molecule has 4 rings (SSSR count). The Morgan fingerprint density at radius 3 is 2.58 bits per heavy atom. The molecule has 0 unspecified atom stereocenters. The van der Waals surface area contributed by atoms with Gasteiger partial charge in [-0.1, -0.05) is 12.1 Å². The van der Waals surface area contributed by atoms with Crippen molar-refractivity contribution in [2.45, 2.75) is 0 Å². The summed E-state index contributed by atoms with van der Waals surface area (Å²) in [5.41, 5.74) is 2.91. The molecule has 0 aliphatic rings. The van der Waals surface area contributed by atoms with Crippen LogP contribution in [0.3, 0.4) is 0 Å². The molecule has 0 atom stereocenters. The number of aromatic hydroxyl groups is 1. The zero-order chi connectivity index (χ0) is 16.7. The summed E-state index contributed by atoms with van der Waals surface area (Å²) in [4.78, 5) is 4.10. The van der Waals surface area contributed by atoms with E-state index in [4.69, 9.17) is 0 Å². The summed E-state index contributed by atoms with van der Waals surface area (Å²) in [6.45, 7) is 0. The minimum Gasteiger partial charge on any atom is -0.505 e. The number of hydrogen-bond donors (Lipinski definition) is 1. The van der Waals surface area contributed by atoms with Gasteiger partial charge in [-0.3, -0.25) is 4.98 Å². The number of phenols is 1. The Balaban J connectivity index is 1.84. The fourth-order valence-corrected chi connectivity index (χ4v) is 2.63. The molecule has 0 aliphatic carbocycles. The van der Waals surface area contributed by atoms with E-state index in [1.54, 1.807) is 18.6 Å². The van der Waals surface area contributed by atoms with Crippen molar-refractivity contribution in [2.75, 3.05) is 0 Å². The van der Waals surface area contributed by atoms with Crippen LogP contribution in [0.1, 0.15) is 0 Å². The highest BCUT2D eigenvalue weighted by atomic mass is 19.2. The lowest BCUT2D eigenvalue weighted by atomic mass is 10.1. The zero-order valence-electron chi connectivity index (χ0n) is 12.3. The molecule has 0 spiro atoms. The van der Waals surface area contributed by atoms with E-state index in [2.05, 4.69) is 10.1 Å². The second-order valence-corrected chi connectivity index (χ2v) is 5.33. The Hall–Kier alpha value is -3.28. The lowest BCUT2D eigenvalue weighted by Gasteiger charge is -2.07. The average Bonchev–Trinajstić information content (AvgIpc) is 3.03. The first-order chi connectivity index (χ1) is 11.6. The Labute approximate surface area is 135 Å². The van der Waals surface area contributed by atoms with Crippen molar-refractivity contribution in [1.29, 1.82) is 0 Å². The minimum absolute atomic E-state index is 0.246. The quantitative estimate of drug-likeness (QED) is 0.605. The van der Waals surface area contributed by atoms with Crippen molar-refractivity contribution >= 4 is 10.9 Å². The Bertz CT molecular complexity index is 1020. The molecule has 0 radical (unpaired) electrons. The summed E-state index contributed by atoms with van der Waals surface area (Å²) < 4.78 is 28.2. The minimum atomic E-state index is -1.27. The summed E-state index contributed by atoms with van der Waals surface area (Å²) in [5.74, 6) is -3.14. The lowest BCUT2D eigenvalue weighted by Crippen LogP contribution is -1.98. The fraction of sp³-hybridized carbons (Fsp3) is 0. The second-order valence-electron chi connectivity index (χ2n) is 5.33. The highest BCUT2D eigenvalue weighted by Crippen LogP contribution is 2.28. The molecule has 2 aromatic carbocycles. The SMILES string of the molecule is Oc1cc(-n2ncc3cc(-c4cccnc4)ccc32)cc(F)c1F. The van der Waals surface area contributed by atoms with Crippen LogP contribution in [0.25, 0.3) is 27.7 Å². The maximum absolute atomic E-state index is 13.5. The van der Waals surface area contributed by atoms with Gasteiger partial charge in [0.15, 0.2) is 17.4 Å². The van der Waals surface area contributed by atoms with E-state index < -0.39 is 17.4 Å². The van der Waals surface area contributed by atoms with Crippen LogP contribution in [0, 0.1) is 11.6 Å². The molecule has 4 nitrogen and oxygen atoms in total. The van der Waals surface area contributed by atoms with Crippen LogP contribution in [-0.4, -0.2) is 19.9 Å². The van der Waals surface area contributed by atoms with Crippen LogP contribution in [0.15, 0.2) is 61.1 Å². The van der Waals surface area contributed by atoms with E-state index in [0.29, 0.717) is 5.52 Å². The number of pyridine rings is 1. The molecule has 118 valence electrons. The van der Waals surface area contributed by atoms with Crippen LogP contribution in [-0.2, 0) is 0 Å². The van der Waals surface area contributed by atoms with Crippen LogP contribution in [0.5, 0.6) is 5.75 Å². The molecule has 2 aromatic heterocycles. The maximum Gasteiger partial charge on any atom is 0.200 e. The second kappa shape index (κ2) is 5.42. The third kappa shape index (κ3) is 2.28. The third-order valence-electron chi connectivity index (χ3n) is 3.80. The van der Waals surface area contributed by atoms with E-state index in [-0.39, 0.29) is 5.69 Å². The van der Waals surface area contributed by atoms with E-state index in [9.17, 15) is 13.9 Å². The van der Waals surface area contributed by atoms with E-state index in [1.165, 1.54) is 4.68 Å². The molecular weight excluding hydrogens is 312 g/mol. The number of nitrogens with zero attached hydrogens (tertiary/aromatic N) is 3. The Morgan fingerprint density at radius 2 is 1.83 bits per heavy atom. The first-order valence-electron chi connectivity index (χ1n) is 7.20. The molecule has 6 heteroatoms. The van der Waals surface area contributed by atoms with Crippen LogP contribution >= 0.6 is 0 Å². The molecule has 0 fully saturated rings.